The lowest BCUT2D eigenvalue weighted by Crippen LogP contribution is -2.46. The Morgan fingerprint density at radius 1 is 1.21 bits per heavy atom. The van der Waals surface area contributed by atoms with Gasteiger partial charge in [-0.1, -0.05) is 12.8 Å². The van der Waals surface area contributed by atoms with E-state index in [4.69, 9.17) is 0 Å². The Bertz CT molecular complexity index is 375. The maximum absolute atomic E-state index is 4.29. The molecule has 1 aromatic heterocycles. The molecule has 2 aliphatic rings. The van der Waals surface area contributed by atoms with Crippen LogP contribution in [0.3, 0.4) is 0 Å². The minimum absolute atomic E-state index is 0.658. The van der Waals surface area contributed by atoms with Crippen LogP contribution in [-0.4, -0.2) is 28.6 Å². The average Bonchev–Trinajstić information content (AvgIpc) is 2.95. The zero-order valence-corrected chi connectivity index (χ0v) is 11.5. The summed E-state index contributed by atoms with van der Waals surface area (Å²) in [7, 11) is 0. The molecule has 1 saturated heterocycles. The Labute approximate surface area is 115 Å². The van der Waals surface area contributed by atoms with Crippen molar-refractivity contribution in [1.29, 1.82) is 0 Å². The highest BCUT2D eigenvalue weighted by Gasteiger charge is 2.33. The van der Waals surface area contributed by atoms with Gasteiger partial charge in [-0.25, -0.2) is 9.97 Å². The molecule has 1 aliphatic heterocycles. The monoisotopic (exact) mass is 260 g/mol. The van der Waals surface area contributed by atoms with Crippen LogP contribution in [0.15, 0.2) is 18.6 Å². The van der Waals surface area contributed by atoms with Crippen molar-refractivity contribution in [1.82, 2.24) is 20.6 Å². The minimum Gasteiger partial charge on any atom is -0.314 e. The molecule has 1 aromatic rings. The van der Waals surface area contributed by atoms with Gasteiger partial charge in [0.25, 0.3) is 0 Å². The fraction of sp³-hybridized carbons (Fsp3) is 0.733. The summed E-state index contributed by atoms with van der Waals surface area (Å²) in [4.78, 5) is 8.25. The van der Waals surface area contributed by atoms with Gasteiger partial charge < -0.3 is 10.6 Å². The number of nitrogens with zero attached hydrogens (tertiary/aromatic N) is 2. The van der Waals surface area contributed by atoms with Gasteiger partial charge in [-0.15, -0.1) is 0 Å². The topological polar surface area (TPSA) is 49.8 Å². The second-order valence-corrected chi connectivity index (χ2v) is 5.84. The third kappa shape index (κ3) is 3.31. The summed E-state index contributed by atoms with van der Waals surface area (Å²) in [5.41, 5.74) is 1.09. The molecule has 1 saturated carbocycles. The fourth-order valence-electron chi connectivity index (χ4n) is 3.63. The third-order valence-electron chi connectivity index (χ3n) is 4.62. The smallest absolute Gasteiger partial charge is 0.115 e. The standard InChI is InChI=1S/C15H24N4/c1-2-8-17-14(5-1)13-4-3-6-15(13)18-10-12-7-9-16-11-19-12/h7,9,11,13-15,17-18H,1-6,8,10H2. The van der Waals surface area contributed by atoms with E-state index >= 15 is 0 Å². The maximum Gasteiger partial charge on any atom is 0.115 e. The van der Waals surface area contributed by atoms with E-state index in [-0.39, 0.29) is 0 Å². The first-order valence-corrected chi connectivity index (χ1v) is 7.65. The van der Waals surface area contributed by atoms with Crippen molar-refractivity contribution in [2.24, 2.45) is 5.92 Å². The molecule has 2 heterocycles. The fourth-order valence-corrected chi connectivity index (χ4v) is 3.63. The largest absolute Gasteiger partial charge is 0.314 e. The number of hydrogen-bond donors (Lipinski definition) is 2. The molecular formula is C15H24N4. The lowest BCUT2D eigenvalue weighted by molar-refractivity contribution is 0.256. The van der Waals surface area contributed by atoms with Crippen LogP contribution >= 0.6 is 0 Å². The van der Waals surface area contributed by atoms with Gasteiger partial charge in [0.15, 0.2) is 0 Å². The van der Waals surface area contributed by atoms with Gasteiger partial charge in [-0.2, -0.15) is 0 Å². The molecule has 0 radical (unpaired) electrons. The third-order valence-corrected chi connectivity index (χ3v) is 4.62. The second kappa shape index (κ2) is 6.44. The zero-order chi connectivity index (χ0) is 12.9. The van der Waals surface area contributed by atoms with Gasteiger partial charge in [0.2, 0.25) is 0 Å². The van der Waals surface area contributed by atoms with E-state index in [9.17, 15) is 0 Å². The van der Waals surface area contributed by atoms with Crippen molar-refractivity contribution >= 4 is 0 Å². The molecule has 19 heavy (non-hydrogen) atoms. The molecular weight excluding hydrogens is 236 g/mol. The maximum atomic E-state index is 4.29. The quantitative estimate of drug-likeness (QED) is 0.868. The van der Waals surface area contributed by atoms with E-state index in [1.54, 1.807) is 6.33 Å². The molecule has 0 aromatic carbocycles. The summed E-state index contributed by atoms with van der Waals surface area (Å²) in [6.45, 7) is 2.08. The molecule has 3 rings (SSSR count). The van der Waals surface area contributed by atoms with Crippen LogP contribution in [-0.2, 0) is 6.54 Å². The first-order valence-electron chi connectivity index (χ1n) is 7.65. The van der Waals surface area contributed by atoms with Gasteiger partial charge in [0.05, 0.1) is 5.69 Å². The van der Waals surface area contributed by atoms with Gasteiger partial charge in [0, 0.05) is 24.8 Å². The van der Waals surface area contributed by atoms with Crippen LogP contribution in [0.1, 0.15) is 44.2 Å². The van der Waals surface area contributed by atoms with Gasteiger partial charge in [0.1, 0.15) is 6.33 Å². The normalized spacial score (nSPS) is 31.5. The van der Waals surface area contributed by atoms with Gasteiger partial charge in [-0.05, 0) is 44.2 Å². The predicted octanol–water partition coefficient (Wildman–Crippen LogP) is 1.88. The number of hydrogen-bond acceptors (Lipinski definition) is 4. The van der Waals surface area contributed by atoms with Crippen LogP contribution in [0, 0.1) is 5.92 Å². The molecule has 0 bridgehead atoms. The predicted molar refractivity (Wildman–Crippen MR) is 75.6 cm³/mol. The summed E-state index contributed by atoms with van der Waals surface area (Å²) in [6, 6.07) is 3.39. The van der Waals surface area contributed by atoms with Gasteiger partial charge in [-0.3, -0.25) is 0 Å². The van der Waals surface area contributed by atoms with Crippen molar-refractivity contribution in [3.8, 4) is 0 Å². The van der Waals surface area contributed by atoms with Crippen molar-refractivity contribution in [2.75, 3.05) is 6.54 Å². The summed E-state index contributed by atoms with van der Waals surface area (Å²) >= 11 is 0. The molecule has 104 valence electrons. The highest BCUT2D eigenvalue weighted by Crippen LogP contribution is 2.31. The Morgan fingerprint density at radius 2 is 2.21 bits per heavy atom. The van der Waals surface area contributed by atoms with Crippen molar-refractivity contribution in [3.63, 3.8) is 0 Å². The van der Waals surface area contributed by atoms with E-state index < -0.39 is 0 Å². The van der Waals surface area contributed by atoms with E-state index in [0.29, 0.717) is 6.04 Å². The van der Waals surface area contributed by atoms with Crippen LogP contribution in [0.5, 0.6) is 0 Å². The molecule has 3 atom stereocenters. The first kappa shape index (κ1) is 13.0. The average molecular weight is 260 g/mol. The Hall–Kier alpha value is -1.00. The van der Waals surface area contributed by atoms with E-state index in [1.807, 2.05) is 12.3 Å². The molecule has 4 heteroatoms. The Balaban J connectivity index is 1.54. The summed E-state index contributed by atoms with van der Waals surface area (Å²) < 4.78 is 0. The molecule has 1 aliphatic carbocycles. The van der Waals surface area contributed by atoms with Crippen LogP contribution < -0.4 is 10.6 Å². The van der Waals surface area contributed by atoms with Crippen LogP contribution in [0.25, 0.3) is 0 Å². The van der Waals surface area contributed by atoms with E-state index in [2.05, 4.69) is 20.6 Å². The number of rotatable bonds is 4. The van der Waals surface area contributed by atoms with Crippen LogP contribution in [0.2, 0.25) is 0 Å². The van der Waals surface area contributed by atoms with Gasteiger partial charge >= 0.3 is 0 Å². The van der Waals surface area contributed by atoms with Crippen molar-refractivity contribution in [3.05, 3.63) is 24.3 Å². The van der Waals surface area contributed by atoms with Crippen molar-refractivity contribution < 1.29 is 0 Å². The SMILES string of the molecule is c1cc(CNC2CCCC2C2CCCCN2)ncn1. The van der Waals surface area contributed by atoms with Crippen molar-refractivity contribution in [2.45, 2.75) is 57.2 Å². The minimum atomic E-state index is 0.658. The summed E-state index contributed by atoms with van der Waals surface area (Å²) in [6.07, 6.45) is 11.6. The number of nitrogens with one attached hydrogen (secondary N) is 2. The molecule has 0 spiro atoms. The molecule has 0 amide bonds. The highest BCUT2D eigenvalue weighted by atomic mass is 15.0. The zero-order valence-electron chi connectivity index (χ0n) is 11.5. The molecule has 2 N–H and O–H groups in total. The Morgan fingerprint density at radius 3 is 3.00 bits per heavy atom. The molecule has 3 unspecified atom stereocenters. The molecule has 4 nitrogen and oxygen atoms in total. The summed E-state index contributed by atoms with van der Waals surface area (Å²) in [5.74, 6) is 0.808. The number of aromatic nitrogens is 2. The molecule has 2 fully saturated rings. The lowest BCUT2D eigenvalue weighted by Gasteiger charge is -2.33. The number of piperidine rings is 1. The first-order chi connectivity index (χ1) is 9.43. The van der Waals surface area contributed by atoms with E-state index in [1.165, 1.54) is 45.1 Å². The second-order valence-electron chi connectivity index (χ2n) is 5.84. The lowest BCUT2D eigenvalue weighted by atomic mass is 9.88. The van der Waals surface area contributed by atoms with Crippen LogP contribution in [0.4, 0.5) is 0 Å². The Kier molecular flexibility index (Phi) is 4.41. The highest BCUT2D eigenvalue weighted by molar-refractivity contribution is 4.99. The van der Waals surface area contributed by atoms with E-state index in [0.717, 1.165) is 24.2 Å². The summed E-state index contributed by atoms with van der Waals surface area (Å²) in [5, 5.41) is 7.44.